The van der Waals surface area contributed by atoms with Crippen molar-refractivity contribution in [3.63, 3.8) is 0 Å². The summed E-state index contributed by atoms with van der Waals surface area (Å²) < 4.78 is 0. The van der Waals surface area contributed by atoms with Gasteiger partial charge in [-0.3, -0.25) is 0 Å². The second kappa shape index (κ2) is 4.74. The molecule has 0 atom stereocenters. The third-order valence-corrected chi connectivity index (χ3v) is 2.57. The molecule has 0 aliphatic rings. The Hall–Kier alpha value is -2.22. The molecule has 0 aromatic heterocycles. The van der Waals surface area contributed by atoms with E-state index in [1.54, 1.807) is 0 Å². The molecule has 0 heterocycles. The van der Waals surface area contributed by atoms with E-state index in [0.717, 1.165) is 22.6 Å². The quantitative estimate of drug-likeness (QED) is 0.781. The first kappa shape index (κ1) is 11.3. The Labute approximate surface area is 102 Å². The van der Waals surface area contributed by atoms with Gasteiger partial charge in [-0.1, -0.05) is 30.8 Å². The number of anilines is 2. The fraction of sp³-hybridized carbons (Fsp3) is 0.0667. The van der Waals surface area contributed by atoms with Gasteiger partial charge in [0.25, 0.3) is 0 Å². The molecule has 2 rings (SSSR count). The van der Waals surface area contributed by atoms with Crippen molar-refractivity contribution in [1.82, 2.24) is 0 Å². The Morgan fingerprint density at radius 3 is 2.47 bits per heavy atom. The van der Waals surface area contributed by atoms with Gasteiger partial charge in [-0.05, 0) is 42.3 Å². The van der Waals surface area contributed by atoms with Gasteiger partial charge in [0.05, 0.1) is 0 Å². The van der Waals surface area contributed by atoms with E-state index in [9.17, 15) is 0 Å². The lowest BCUT2D eigenvalue weighted by Gasteiger charge is -2.10. The molecule has 86 valence electrons. The van der Waals surface area contributed by atoms with Crippen molar-refractivity contribution in [3.05, 3.63) is 66.2 Å². The normalized spacial score (nSPS) is 9.94. The van der Waals surface area contributed by atoms with Crippen molar-refractivity contribution >= 4 is 17.1 Å². The van der Waals surface area contributed by atoms with Crippen molar-refractivity contribution in [2.75, 3.05) is 11.1 Å². The minimum atomic E-state index is 0.761. The summed E-state index contributed by atoms with van der Waals surface area (Å²) in [5.74, 6) is 0. The van der Waals surface area contributed by atoms with Gasteiger partial charge in [-0.2, -0.15) is 0 Å². The summed E-state index contributed by atoms with van der Waals surface area (Å²) in [5.41, 5.74) is 10.6. The number of aryl methyl sites for hydroxylation is 1. The van der Waals surface area contributed by atoms with E-state index in [0.29, 0.717) is 0 Å². The van der Waals surface area contributed by atoms with Crippen LogP contribution in [0.4, 0.5) is 11.4 Å². The molecule has 0 saturated carbocycles. The molecule has 2 nitrogen and oxygen atoms in total. The molecule has 2 heteroatoms. The van der Waals surface area contributed by atoms with Gasteiger partial charge < -0.3 is 11.1 Å². The van der Waals surface area contributed by atoms with Crippen molar-refractivity contribution < 1.29 is 0 Å². The van der Waals surface area contributed by atoms with Gasteiger partial charge in [0.2, 0.25) is 0 Å². The van der Waals surface area contributed by atoms with Gasteiger partial charge in [0, 0.05) is 17.1 Å². The highest BCUT2D eigenvalue weighted by atomic mass is 14.9. The molecule has 0 fully saturated rings. The number of nitrogens with one attached hydrogen (secondary N) is 1. The van der Waals surface area contributed by atoms with E-state index in [4.69, 9.17) is 5.73 Å². The molecular weight excluding hydrogens is 208 g/mol. The van der Waals surface area contributed by atoms with Crippen molar-refractivity contribution in [2.45, 2.75) is 6.92 Å². The molecule has 0 aliphatic carbocycles. The molecule has 2 aromatic rings. The predicted molar refractivity (Wildman–Crippen MR) is 74.7 cm³/mol. The zero-order valence-corrected chi connectivity index (χ0v) is 9.90. The van der Waals surface area contributed by atoms with Crippen molar-refractivity contribution in [3.8, 4) is 0 Å². The molecular formula is C15H16N2. The highest BCUT2D eigenvalue weighted by Crippen LogP contribution is 2.18. The minimum Gasteiger partial charge on any atom is -0.399 e. The highest BCUT2D eigenvalue weighted by Gasteiger charge is 1.99. The first-order chi connectivity index (χ1) is 8.15. The van der Waals surface area contributed by atoms with Gasteiger partial charge in [0.1, 0.15) is 0 Å². The van der Waals surface area contributed by atoms with Crippen LogP contribution in [-0.4, -0.2) is 0 Å². The van der Waals surface area contributed by atoms with Crippen LogP contribution in [0.1, 0.15) is 11.1 Å². The first-order valence-corrected chi connectivity index (χ1v) is 5.53. The summed E-state index contributed by atoms with van der Waals surface area (Å²) in [6.07, 6.45) is 0. The third kappa shape index (κ3) is 2.88. The van der Waals surface area contributed by atoms with E-state index >= 15 is 0 Å². The van der Waals surface area contributed by atoms with Crippen LogP contribution in [0.5, 0.6) is 0 Å². The fourth-order valence-electron chi connectivity index (χ4n) is 1.65. The first-order valence-electron chi connectivity index (χ1n) is 5.53. The maximum Gasteiger partial charge on any atom is 0.0386 e. The van der Waals surface area contributed by atoms with Crippen molar-refractivity contribution in [1.29, 1.82) is 0 Å². The SMILES string of the molecule is C=C(Nc1cccc(C)c1)c1ccc(N)cc1. The predicted octanol–water partition coefficient (Wildman–Crippen LogP) is 3.66. The average molecular weight is 224 g/mol. The maximum absolute atomic E-state index is 5.65. The lowest BCUT2D eigenvalue weighted by atomic mass is 10.1. The number of nitrogen functional groups attached to an aromatic ring is 1. The standard InChI is InChI=1S/C15H16N2/c1-11-4-3-5-15(10-11)17-12(2)13-6-8-14(16)9-7-13/h3-10,17H,2,16H2,1H3. The molecule has 0 saturated heterocycles. The summed E-state index contributed by atoms with van der Waals surface area (Å²) in [5, 5.41) is 3.28. The fourth-order valence-corrected chi connectivity index (χ4v) is 1.65. The van der Waals surface area contributed by atoms with Gasteiger partial charge in [-0.25, -0.2) is 0 Å². The van der Waals surface area contributed by atoms with Gasteiger partial charge >= 0.3 is 0 Å². The molecule has 0 unspecified atom stereocenters. The molecule has 0 radical (unpaired) electrons. The summed E-state index contributed by atoms with van der Waals surface area (Å²) in [6.45, 7) is 6.09. The van der Waals surface area contributed by atoms with E-state index in [1.165, 1.54) is 5.56 Å². The van der Waals surface area contributed by atoms with Crippen LogP contribution >= 0.6 is 0 Å². The smallest absolute Gasteiger partial charge is 0.0386 e. The maximum atomic E-state index is 5.65. The van der Waals surface area contributed by atoms with Crippen LogP contribution < -0.4 is 11.1 Å². The Balaban J connectivity index is 2.14. The van der Waals surface area contributed by atoms with Crippen LogP contribution in [0.15, 0.2) is 55.1 Å². The van der Waals surface area contributed by atoms with Crippen LogP contribution in [0, 0.1) is 6.92 Å². The Morgan fingerprint density at radius 2 is 1.82 bits per heavy atom. The third-order valence-electron chi connectivity index (χ3n) is 2.57. The average Bonchev–Trinajstić information content (AvgIpc) is 2.29. The number of hydrogen-bond donors (Lipinski definition) is 2. The van der Waals surface area contributed by atoms with Crippen LogP contribution in [-0.2, 0) is 0 Å². The molecule has 0 amide bonds. The summed E-state index contributed by atoms with van der Waals surface area (Å²) in [4.78, 5) is 0. The molecule has 0 bridgehead atoms. The van der Waals surface area contributed by atoms with E-state index < -0.39 is 0 Å². The molecule has 3 N–H and O–H groups in total. The largest absolute Gasteiger partial charge is 0.399 e. The van der Waals surface area contributed by atoms with Gasteiger partial charge in [0.15, 0.2) is 0 Å². The number of nitrogens with two attached hydrogens (primary N) is 1. The van der Waals surface area contributed by atoms with E-state index in [1.807, 2.05) is 36.4 Å². The van der Waals surface area contributed by atoms with E-state index in [2.05, 4.69) is 31.0 Å². The Bertz CT molecular complexity index is 527. The number of benzene rings is 2. The second-order valence-electron chi connectivity index (χ2n) is 4.10. The van der Waals surface area contributed by atoms with Crippen LogP contribution in [0.25, 0.3) is 5.70 Å². The van der Waals surface area contributed by atoms with Crippen LogP contribution in [0.2, 0.25) is 0 Å². The molecule has 0 spiro atoms. The Kier molecular flexibility index (Phi) is 3.15. The summed E-state index contributed by atoms with van der Waals surface area (Å²) >= 11 is 0. The number of rotatable bonds is 3. The highest BCUT2D eigenvalue weighted by molar-refractivity contribution is 5.75. The van der Waals surface area contributed by atoms with Crippen molar-refractivity contribution in [2.24, 2.45) is 0 Å². The molecule has 2 aromatic carbocycles. The zero-order chi connectivity index (χ0) is 12.3. The van der Waals surface area contributed by atoms with Gasteiger partial charge in [-0.15, -0.1) is 0 Å². The summed E-state index contributed by atoms with van der Waals surface area (Å²) in [6, 6.07) is 15.9. The Morgan fingerprint density at radius 1 is 1.12 bits per heavy atom. The van der Waals surface area contributed by atoms with E-state index in [-0.39, 0.29) is 0 Å². The minimum absolute atomic E-state index is 0.761. The topological polar surface area (TPSA) is 38.0 Å². The molecule has 0 aliphatic heterocycles. The molecule has 17 heavy (non-hydrogen) atoms. The van der Waals surface area contributed by atoms with Crippen LogP contribution in [0.3, 0.4) is 0 Å². The second-order valence-corrected chi connectivity index (χ2v) is 4.10. The number of hydrogen-bond acceptors (Lipinski definition) is 2. The summed E-state index contributed by atoms with van der Waals surface area (Å²) in [7, 11) is 0. The lowest BCUT2D eigenvalue weighted by molar-refractivity contribution is 1.45. The monoisotopic (exact) mass is 224 g/mol. The lowest BCUT2D eigenvalue weighted by Crippen LogP contribution is -1.97. The zero-order valence-electron chi connectivity index (χ0n) is 9.90.